The second kappa shape index (κ2) is 8.22. The SMILES string of the molecule is CCCCOc1cc(NC(C)c2ccc(OC)cc2)ncn1. The van der Waals surface area contributed by atoms with Crippen LogP contribution in [0.4, 0.5) is 5.82 Å². The molecule has 0 bridgehead atoms. The second-order valence-electron chi connectivity index (χ2n) is 5.08. The number of unbranched alkanes of at least 4 members (excludes halogenated alkanes) is 1. The fourth-order valence-corrected chi connectivity index (χ4v) is 2.02. The highest BCUT2D eigenvalue weighted by atomic mass is 16.5. The highest BCUT2D eigenvalue weighted by molar-refractivity contribution is 5.41. The molecule has 2 rings (SSSR count). The molecule has 0 amide bonds. The molecule has 0 spiro atoms. The van der Waals surface area contributed by atoms with Gasteiger partial charge in [-0.3, -0.25) is 0 Å². The Hall–Kier alpha value is -2.30. The Kier molecular flexibility index (Phi) is 6.01. The lowest BCUT2D eigenvalue weighted by Gasteiger charge is -2.15. The third-order valence-electron chi connectivity index (χ3n) is 3.37. The monoisotopic (exact) mass is 301 g/mol. The Balaban J connectivity index is 1.98. The third-order valence-corrected chi connectivity index (χ3v) is 3.37. The number of aromatic nitrogens is 2. The number of methoxy groups -OCH3 is 1. The zero-order chi connectivity index (χ0) is 15.8. The van der Waals surface area contributed by atoms with E-state index in [0.717, 1.165) is 30.0 Å². The molecule has 0 fully saturated rings. The van der Waals surface area contributed by atoms with Crippen molar-refractivity contribution in [1.82, 2.24) is 9.97 Å². The van der Waals surface area contributed by atoms with Crippen LogP contribution in [0, 0.1) is 0 Å². The van der Waals surface area contributed by atoms with Crippen molar-refractivity contribution < 1.29 is 9.47 Å². The van der Waals surface area contributed by atoms with E-state index in [1.54, 1.807) is 7.11 Å². The van der Waals surface area contributed by atoms with Crippen LogP contribution in [0.5, 0.6) is 11.6 Å². The van der Waals surface area contributed by atoms with Crippen molar-refractivity contribution in [2.24, 2.45) is 0 Å². The van der Waals surface area contributed by atoms with Gasteiger partial charge in [0.05, 0.1) is 13.7 Å². The molecule has 2 aromatic rings. The Morgan fingerprint density at radius 2 is 1.95 bits per heavy atom. The van der Waals surface area contributed by atoms with E-state index in [4.69, 9.17) is 9.47 Å². The maximum Gasteiger partial charge on any atom is 0.218 e. The molecule has 1 atom stereocenters. The molecule has 1 unspecified atom stereocenters. The minimum atomic E-state index is 0.129. The van der Waals surface area contributed by atoms with Crippen LogP contribution in [0.3, 0.4) is 0 Å². The van der Waals surface area contributed by atoms with Gasteiger partial charge in [0.1, 0.15) is 17.9 Å². The predicted octanol–water partition coefficient (Wildman–Crippen LogP) is 3.84. The summed E-state index contributed by atoms with van der Waals surface area (Å²) in [6, 6.07) is 9.94. The third kappa shape index (κ3) is 4.62. The van der Waals surface area contributed by atoms with Gasteiger partial charge in [-0.1, -0.05) is 25.5 Å². The zero-order valence-electron chi connectivity index (χ0n) is 13.4. The summed E-state index contributed by atoms with van der Waals surface area (Å²) < 4.78 is 10.8. The standard InChI is InChI=1S/C17H23N3O2/c1-4-5-10-22-17-11-16(18-12-19-17)20-13(2)14-6-8-15(21-3)9-7-14/h6-9,11-13H,4-5,10H2,1-3H3,(H,18,19,20). The van der Waals surface area contributed by atoms with E-state index >= 15 is 0 Å². The molecule has 22 heavy (non-hydrogen) atoms. The van der Waals surface area contributed by atoms with Crippen molar-refractivity contribution in [2.45, 2.75) is 32.7 Å². The summed E-state index contributed by atoms with van der Waals surface area (Å²) >= 11 is 0. The molecule has 5 heteroatoms. The first-order valence-corrected chi connectivity index (χ1v) is 7.58. The highest BCUT2D eigenvalue weighted by Gasteiger charge is 2.07. The topological polar surface area (TPSA) is 56.3 Å². The Morgan fingerprint density at radius 1 is 1.18 bits per heavy atom. The average molecular weight is 301 g/mol. The van der Waals surface area contributed by atoms with Gasteiger partial charge in [-0.25, -0.2) is 9.97 Å². The van der Waals surface area contributed by atoms with Crippen molar-refractivity contribution >= 4 is 5.82 Å². The van der Waals surface area contributed by atoms with Gasteiger partial charge in [0, 0.05) is 12.1 Å². The number of anilines is 1. The largest absolute Gasteiger partial charge is 0.497 e. The van der Waals surface area contributed by atoms with Crippen LogP contribution in [0.15, 0.2) is 36.7 Å². The minimum absolute atomic E-state index is 0.129. The first-order chi connectivity index (χ1) is 10.7. The van der Waals surface area contributed by atoms with Gasteiger partial charge in [-0.2, -0.15) is 0 Å². The van der Waals surface area contributed by atoms with E-state index in [-0.39, 0.29) is 6.04 Å². The number of hydrogen-bond donors (Lipinski definition) is 1. The smallest absolute Gasteiger partial charge is 0.218 e. The van der Waals surface area contributed by atoms with Gasteiger partial charge in [0.25, 0.3) is 0 Å². The molecule has 0 saturated carbocycles. The van der Waals surface area contributed by atoms with Crippen LogP contribution < -0.4 is 14.8 Å². The van der Waals surface area contributed by atoms with Crippen LogP contribution in [-0.4, -0.2) is 23.7 Å². The van der Waals surface area contributed by atoms with Gasteiger partial charge in [-0.05, 0) is 31.0 Å². The summed E-state index contributed by atoms with van der Waals surface area (Å²) in [4.78, 5) is 8.36. The summed E-state index contributed by atoms with van der Waals surface area (Å²) in [5, 5.41) is 3.35. The van der Waals surface area contributed by atoms with Gasteiger partial charge in [0.15, 0.2) is 0 Å². The lowest BCUT2D eigenvalue weighted by molar-refractivity contribution is 0.297. The fourth-order valence-electron chi connectivity index (χ4n) is 2.02. The molecule has 0 aliphatic heterocycles. The number of ether oxygens (including phenoxy) is 2. The fraction of sp³-hybridized carbons (Fsp3) is 0.412. The molecule has 118 valence electrons. The maximum absolute atomic E-state index is 5.60. The number of hydrogen-bond acceptors (Lipinski definition) is 5. The molecule has 0 saturated heterocycles. The van der Waals surface area contributed by atoms with Gasteiger partial charge >= 0.3 is 0 Å². The predicted molar refractivity (Wildman–Crippen MR) is 87.5 cm³/mol. The van der Waals surface area contributed by atoms with Crippen molar-refractivity contribution in [3.05, 3.63) is 42.2 Å². The van der Waals surface area contributed by atoms with Crippen LogP contribution in [0.2, 0.25) is 0 Å². The lowest BCUT2D eigenvalue weighted by Crippen LogP contribution is -2.08. The second-order valence-corrected chi connectivity index (χ2v) is 5.08. The van der Waals surface area contributed by atoms with Crippen molar-refractivity contribution in [3.8, 4) is 11.6 Å². The molecule has 0 aliphatic rings. The van der Waals surface area contributed by atoms with E-state index in [1.807, 2.05) is 30.3 Å². The summed E-state index contributed by atoms with van der Waals surface area (Å²) in [7, 11) is 1.66. The number of nitrogens with zero attached hydrogens (tertiary/aromatic N) is 2. The van der Waals surface area contributed by atoms with E-state index in [2.05, 4.69) is 29.1 Å². The Morgan fingerprint density at radius 3 is 2.64 bits per heavy atom. The molecule has 1 heterocycles. The number of rotatable bonds is 8. The molecular formula is C17H23N3O2. The minimum Gasteiger partial charge on any atom is -0.497 e. The van der Waals surface area contributed by atoms with Gasteiger partial charge in [0.2, 0.25) is 5.88 Å². The summed E-state index contributed by atoms with van der Waals surface area (Å²) in [5.74, 6) is 2.21. The van der Waals surface area contributed by atoms with E-state index in [0.29, 0.717) is 12.5 Å². The highest BCUT2D eigenvalue weighted by Crippen LogP contribution is 2.21. The van der Waals surface area contributed by atoms with Crippen molar-refractivity contribution in [3.63, 3.8) is 0 Å². The quantitative estimate of drug-likeness (QED) is 0.751. The van der Waals surface area contributed by atoms with Gasteiger partial charge in [-0.15, -0.1) is 0 Å². The van der Waals surface area contributed by atoms with E-state index < -0.39 is 0 Å². The molecule has 0 aliphatic carbocycles. The first kappa shape index (κ1) is 16.1. The average Bonchev–Trinajstić information content (AvgIpc) is 2.55. The lowest BCUT2D eigenvalue weighted by atomic mass is 10.1. The van der Waals surface area contributed by atoms with Crippen LogP contribution in [-0.2, 0) is 0 Å². The van der Waals surface area contributed by atoms with E-state index in [1.165, 1.54) is 6.33 Å². The Bertz CT molecular complexity index is 572. The van der Waals surface area contributed by atoms with Crippen molar-refractivity contribution in [2.75, 3.05) is 19.0 Å². The summed E-state index contributed by atoms with van der Waals surface area (Å²) in [6.07, 6.45) is 3.64. The Labute approximate surface area is 131 Å². The van der Waals surface area contributed by atoms with Crippen molar-refractivity contribution in [1.29, 1.82) is 0 Å². The van der Waals surface area contributed by atoms with Crippen LogP contribution >= 0.6 is 0 Å². The number of benzene rings is 1. The molecular weight excluding hydrogens is 278 g/mol. The van der Waals surface area contributed by atoms with Crippen LogP contribution in [0.25, 0.3) is 0 Å². The molecule has 1 N–H and O–H groups in total. The normalized spacial score (nSPS) is 11.8. The molecule has 5 nitrogen and oxygen atoms in total. The van der Waals surface area contributed by atoms with Gasteiger partial charge < -0.3 is 14.8 Å². The zero-order valence-corrected chi connectivity index (χ0v) is 13.4. The number of nitrogens with one attached hydrogen (secondary N) is 1. The molecule has 1 aromatic carbocycles. The molecule has 0 radical (unpaired) electrons. The summed E-state index contributed by atoms with van der Waals surface area (Å²) in [6.45, 7) is 4.90. The maximum atomic E-state index is 5.60. The van der Waals surface area contributed by atoms with Crippen LogP contribution in [0.1, 0.15) is 38.3 Å². The first-order valence-electron chi connectivity index (χ1n) is 7.58. The molecule has 1 aromatic heterocycles. The van der Waals surface area contributed by atoms with E-state index in [9.17, 15) is 0 Å². The summed E-state index contributed by atoms with van der Waals surface area (Å²) in [5.41, 5.74) is 1.16.